The first-order valence-corrected chi connectivity index (χ1v) is 5.35. The normalized spacial score (nSPS) is 18.3. The molecule has 0 bridgehead atoms. The van der Waals surface area contributed by atoms with Gasteiger partial charge in [-0.1, -0.05) is 13.8 Å². The number of aliphatic hydroxyl groups excluding tert-OH is 1. The van der Waals surface area contributed by atoms with E-state index in [9.17, 15) is 15.0 Å². The average molecular weight is 218 g/mol. The second-order valence-corrected chi connectivity index (χ2v) is 4.58. The van der Waals surface area contributed by atoms with Crippen molar-refractivity contribution in [3.8, 4) is 0 Å². The molecule has 0 fully saturated rings. The van der Waals surface area contributed by atoms with Gasteiger partial charge in [0.05, 0.1) is 17.1 Å². The molecule has 0 radical (unpaired) electrons. The second kappa shape index (κ2) is 4.94. The molecule has 0 aromatic heterocycles. The maximum Gasteiger partial charge on any atom is 0.312 e. The van der Waals surface area contributed by atoms with E-state index < -0.39 is 23.1 Å². The zero-order valence-corrected chi connectivity index (χ0v) is 9.95. The summed E-state index contributed by atoms with van der Waals surface area (Å²) in [5, 5.41) is 28.8. The first-order valence-electron chi connectivity index (χ1n) is 5.35. The summed E-state index contributed by atoms with van der Waals surface area (Å²) in [6.45, 7) is 6.50. The second-order valence-electron chi connectivity index (χ2n) is 4.58. The van der Waals surface area contributed by atoms with Crippen molar-refractivity contribution in [1.82, 2.24) is 0 Å². The molecule has 0 saturated heterocycles. The van der Waals surface area contributed by atoms with Crippen molar-refractivity contribution in [2.45, 2.75) is 58.7 Å². The standard InChI is InChI=1S/C11H22O4/c1-5-8(12)7-11(15,6-2)10(3,4)9(13)14/h8,12,15H,5-7H2,1-4H3,(H,13,14). The van der Waals surface area contributed by atoms with Crippen molar-refractivity contribution in [1.29, 1.82) is 0 Å². The summed E-state index contributed by atoms with van der Waals surface area (Å²) in [4.78, 5) is 11.1. The molecule has 4 heteroatoms. The maximum absolute atomic E-state index is 11.1. The summed E-state index contributed by atoms with van der Waals surface area (Å²) >= 11 is 0. The highest BCUT2D eigenvalue weighted by molar-refractivity contribution is 5.75. The minimum atomic E-state index is -1.37. The molecule has 90 valence electrons. The van der Waals surface area contributed by atoms with Gasteiger partial charge in [0, 0.05) is 6.42 Å². The Kier molecular flexibility index (Phi) is 4.74. The highest BCUT2D eigenvalue weighted by atomic mass is 16.4. The van der Waals surface area contributed by atoms with Gasteiger partial charge >= 0.3 is 5.97 Å². The molecule has 0 aromatic rings. The van der Waals surface area contributed by atoms with E-state index in [0.29, 0.717) is 12.8 Å². The molecule has 4 nitrogen and oxygen atoms in total. The van der Waals surface area contributed by atoms with Gasteiger partial charge in [-0.3, -0.25) is 4.79 Å². The summed E-state index contributed by atoms with van der Waals surface area (Å²) in [6, 6.07) is 0. The summed E-state index contributed by atoms with van der Waals surface area (Å²) < 4.78 is 0. The van der Waals surface area contributed by atoms with E-state index >= 15 is 0 Å². The molecule has 0 spiro atoms. The van der Waals surface area contributed by atoms with Crippen LogP contribution in [0.3, 0.4) is 0 Å². The minimum Gasteiger partial charge on any atom is -0.481 e. The highest BCUT2D eigenvalue weighted by Crippen LogP contribution is 2.38. The lowest BCUT2D eigenvalue weighted by Crippen LogP contribution is -2.51. The van der Waals surface area contributed by atoms with Crippen LogP contribution in [-0.4, -0.2) is 33.0 Å². The fourth-order valence-corrected chi connectivity index (χ4v) is 1.57. The molecular weight excluding hydrogens is 196 g/mol. The van der Waals surface area contributed by atoms with Crippen molar-refractivity contribution < 1.29 is 20.1 Å². The minimum absolute atomic E-state index is 0.0965. The molecule has 0 saturated carbocycles. The lowest BCUT2D eigenvalue weighted by Gasteiger charge is -2.40. The first kappa shape index (κ1) is 14.4. The van der Waals surface area contributed by atoms with Crippen LogP contribution in [0.4, 0.5) is 0 Å². The fourth-order valence-electron chi connectivity index (χ4n) is 1.57. The Hall–Kier alpha value is -0.610. The van der Waals surface area contributed by atoms with Gasteiger partial charge in [-0.15, -0.1) is 0 Å². The van der Waals surface area contributed by atoms with Crippen molar-refractivity contribution in [2.24, 2.45) is 5.41 Å². The van der Waals surface area contributed by atoms with E-state index in [1.807, 2.05) is 0 Å². The Balaban J connectivity index is 4.91. The molecule has 0 aliphatic rings. The smallest absolute Gasteiger partial charge is 0.312 e. The van der Waals surface area contributed by atoms with E-state index in [-0.39, 0.29) is 6.42 Å². The Labute approximate surface area is 90.9 Å². The topological polar surface area (TPSA) is 77.8 Å². The van der Waals surface area contributed by atoms with Gasteiger partial charge in [-0.25, -0.2) is 0 Å². The van der Waals surface area contributed by atoms with Crippen molar-refractivity contribution in [3.63, 3.8) is 0 Å². The number of carboxylic acids is 1. The van der Waals surface area contributed by atoms with Crippen LogP contribution in [-0.2, 0) is 4.79 Å². The molecule has 3 N–H and O–H groups in total. The van der Waals surface area contributed by atoms with E-state index in [4.69, 9.17) is 5.11 Å². The first-order chi connectivity index (χ1) is 6.71. The molecule has 0 aromatic carbocycles. The number of aliphatic carboxylic acids is 1. The summed E-state index contributed by atoms with van der Waals surface area (Å²) in [7, 11) is 0. The van der Waals surface area contributed by atoms with E-state index in [1.165, 1.54) is 13.8 Å². The van der Waals surface area contributed by atoms with Gasteiger partial charge in [0.15, 0.2) is 0 Å². The van der Waals surface area contributed by atoms with Gasteiger partial charge in [0.25, 0.3) is 0 Å². The Morgan fingerprint density at radius 3 is 2.07 bits per heavy atom. The third kappa shape index (κ3) is 2.92. The van der Waals surface area contributed by atoms with Crippen LogP contribution in [0, 0.1) is 5.41 Å². The molecule has 2 atom stereocenters. The van der Waals surface area contributed by atoms with Gasteiger partial charge in [-0.05, 0) is 26.7 Å². The van der Waals surface area contributed by atoms with Crippen LogP contribution in [0.15, 0.2) is 0 Å². The van der Waals surface area contributed by atoms with Gasteiger partial charge in [-0.2, -0.15) is 0 Å². The molecule has 0 heterocycles. The van der Waals surface area contributed by atoms with Crippen LogP contribution in [0.2, 0.25) is 0 Å². The van der Waals surface area contributed by atoms with Crippen molar-refractivity contribution in [2.75, 3.05) is 0 Å². The number of carboxylic acid groups (broad SMARTS) is 1. The molecule has 0 aliphatic carbocycles. The van der Waals surface area contributed by atoms with Crippen LogP contribution >= 0.6 is 0 Å². The van der Waals surface area contributed by atoms with E-state index in [1.54, 1.807) is 13.8 Å². The molecular formula is C11H22O4. The molecule has 2 unspecified atom stereocenters. The number of hydrogen-bond donors (Lipinski definition) is 3. The molecule has 15 heavy (non-hydrogen) atoms. The third-order valence-corrected chi connectivity index (χ3v) is 3.33. The van der Waals surface area contributed by atoms with Gasteiger partial charge < -0.3 is 15.3 Å². The largest absolute Gasteiger partial charge is 0.481 e. The molecule has 0 amide bonds. The lowest BCUT2D eigenvalue weighted by molar-refractivity contribution is -0.169. The number of carbonyl (C=O) groups is 1. The predicted octanol–water partition coefficient (Wildman–Crippen LogP) is 1.40. The quantitative estimate of drug-likeness (QED) is 0.629. The summed E-state index contributed by atoms with van der Waals surface area (Å²) in [5.74, 6) is -1.05. The molecule has 0 aliphatic heterocycles. The summed E-state index contributed by atoms with van der Waals surface area (Å²) in [6.07, 6.45) is 0.259. The number of hydrogen-bond acceptors (Lipinski definition) is 3. The van der Waals surface area contributed by atoms with Gasteiger partial charge in [0.2, 0.25) is 0 Å². The number of rotatable bonds is 6. The van der Waals surface area contributed by atoms with E-state index in [0.717, 1.165) is 0 Å². The van der Waals surface area contributed by atoms with E-state index in [2.05, 4.69) is 0 Å². The molecule has 0 rings (SSSR count). The Morgan fingerprint density at radius 1 is 1.33 bits per heavy atom. The van der Waals surface area contributed by atoms with Crippen molar-refractivity contribution >= 4 is 5.97 Å². The fraction of sp³-hybridized carbons (Fsp3) is 0.909. The van der Waals surface area contributed by atoms with Crippen LogP contribution in [0.25, 0.3) is 0 Å². The predicted molar refractivity (Wildman–Crippen MR) is 57.6 cm³/mol. The zero-order valence-electron chi connectivity index (χ0n) is 9.95. The van der Waals surface area contributed by atoms with Crippen LogP contribution < -0.4 is 0 Å². The zero-order chi connectivity index (χ0) is 12.3. The maximum atomic E-state index is 11.1. The van der Waals surface area contributed by atoms with Crippen molar-refractivity contribution in [3.05, 3.63) is 0 Å². The van der Waals surface area contributed by atoms with Crippen LogP contribution in [0.5, 0.6) is 0 Å². The Bertz CT molecular complexity index is 225. The Morgan fingerprint density at radius 2 is 1.80 bits per heavy atom. The van der Waals surface area contributed by atoms with Gasteiger partial charge in [0.1, 0.15) is 0 Å². The highest BCUT2D eigenvalue weighted by Gasteiger charge is 2.48. The van der Waals surface area contributed by atoms with Crippen LogP contribution in [0.1, 0.15) is 47.0 Å². The lowest BCUT2D eigenvalue weighted by atomic mass is 9.70. The monoisotopic (exact) mass is 218 g/mol. The number of aliphatic hydroxyl groups is 2. The average Bonchev–Trinajstić information content (AvgIpc) is 2.16. The third-order valence-electron chi connectivity index (χ3n) is 3.33. The SMILES string of the molecule is CCC(O)CC(O)(CC)C(C)(C)C(=O)O. The summed E-state index contributed by atoms with van der Waals surface area (Å²) in [5.41, 5.74) is -2.62.